The zero-order valence-corrected chi connectivity index (χ0v) is 29.5. The number of ether oxygens (including phenoxy) is 2. The fourth-order valence-corrected chi connectivity index (χ4v) is 8.18. The minimum absolute atomic E-state index is 0.0784. The highest BCUT2D eigenvalue weighted by Crippen LogP contribution is 2.34. The Hall–Kier alpha value is -4.50. The minimum Gasteiger partial charge on any atom is -0.453 e. The molecule has 0 saturated carbocycles. The van der Waals surface area contributed by atoms with Crippen LogP contribution in [0.15, 0.2) is 102 Å². The molecule has 15 heteroatoms. The summed E-state index contributed by atoms with van der Waals surface area (Å²) in [7, 11) is -2.75. The summed E-state index contributed by atoms with van der Waals surface area (Å²) in [5.41, 5.74) is 1.11. The van der Waals surface area contributed by atoms with E-state index < -0.39 is 57.8 Å². The largest absolute Gasteiger partial charge is 0.573 e. The van der Waals surface area contributed by atoms with E-state index in [4.69, 9.17) is 16.3 Å². The number of methoxy groups -OCH3 is 1. The number of alkyl halides is 3. The van der Waals surface area contributed by atoms with Gasteiger partial charge in [0.15, 0.2) is 5.78 Å². The lowest BCUT2D eigenvalue weighted by molar-refractivity contribution is -0.274. The van der Waals surface area contributed by atoms with Crippen molar-refractivity contribution in [1.29, 1.82) is 0 Å². The van der Waals surface area contributed by atoms with Gasteiger partial charge < -0.3 is 20.1 Å². The molecule has 1 heterocycles. The van der Waals surface area contributed by atoms with Gasteiger partial charge in [-0.1, -0.05) is 66.2 Å². The van der Waals surface area contributed by atoms with Crippen molar-refractivity contribution in [3.8, 4) is 5.75 Å². The number of ketones is 1. The third-order valence-corrected chi connectivity index (χ3v) is 11.0. The quantitative estimate of drug-likeness (QED) is 0.147. The molecule has 4 aromatic rings. The van der Waals surface area contributed by atoms with Crippen LogP contribution in [-0.2, 0) is 32.4 Å². The molecule has 2 N–H and O–H groups in total. The number of hydrogen-bond donors (Lipinski definition) is 2. The first kappa shape index (κ1) is 38.7. The molecule has 276 valence electrons. The van der Waals surface area contributed by atoms with Crippen LogP contribution in [-0.4, -0.2) is 69.8 Å². The molecule has 0 spiro atoms. The number of hydrogen-bond acceptors (Lipinski definition) is 7. The van der Waals surface area contributed by atoms with E-state index in [1.54, 1.807) is 36.4 Å². The lowest BCUT2D eigenvalue weighted by atomic mass is 9.81. The highest BCUT2D eigenvalue weighted by Gasteiger charge is 2.36. The smallest absolute Gasteiger partial charge is 0.453 e. The predicted octanol–water partition coefficient (Wildman–Crippen LogP) is 6.64. The van der Waals surface area contributed by atoms with Gasteiger partial charge in [0.2, 0.25) is 10.0 Å². The zero-order chi connectivity index (χ0) is 37.5. The second-order valence-corrected chi connectivity index (χ2v) is 14.4. The maximum Gasteiger partial charge on any atom is 0.573 e. The van der Waals surface area contributed by atoms with Crippen LogP contribution in [0, 0.1) is 5.82 Å². The number of piperazine rings is 1. The van der Waals surface area contributed by atoms with Crippen molar-refractivity contribution in [3.63, 3.8) is 0 Å². The van der Waals surface area contributed by atoms with E-state index >= 15 is 4.39 Å². The van der Waals surface area contributed by atoms with Crippen LogP contribution in [0.5, 0.6) is 5.75 Å². The summed E-state index contributed by atoms with van der Waals surface area (Å²) in [6, 6.07) is 21.6. The summed E-state index contributed by atoms with van der Waals surface area (Å²) < 4.78 is 92.5. The molecule has 0 radical (unpaired) electrons. The van der Waals surface area contributed by atoms with Crippen LogP contribution in [0.4, 0.5) is 22.4 Å². The molecule has 3 atom stereocenters. The van der Waals surface area contributed by atoms with Crippen LogP contribution >= 0.6 is 11.6 Å². The van der Waals surface area contributed by atoms with Gasteiger partial charge in [-0.25, -0.2) is 17.6 Å². The third-order valence-electron chi connectivity index (χ3n) is 8.77. The molecular weight excluding hydrogens is 726 g/mol. The Morgan fingerprint density at radius 3 is 2.38 bits per heavy atom. The van der Waals surface area contributed by atoms with Crippen molar-refractivity contribution in [2.45, 2.75) is 48.5 Å². The topological polar surface area (TPSA) is 114 Å². The Kier molecular flexibility index (Phi) is 12.6. The maximum atomic E-state index is 15.6. The number of halogens is 5. The summed E-state index contributed by atoms with van der Waals surface area (Å²) in [6.07, 6.45) is -6.05. The molecule has 1 fully saturated rings. The molecule has 1 saturated heterocycles. The number of amides is 1. The number of alkyl carbamates (subject to hydrolysis) is 1. The number of rotatable bonds is 13. The van der Waals surface area contributed by atoms with Crippen molar-refractivity contribution < 1.29 is 45.0 Å². The van der Waals surface area contributed by atoms with Crippen molar-refractivity contribution in [3.05, 3.63) is 130 Å². The van der Waals surface area contributed by atoms with Crippen molar-refractivity contribution in [2.75, 3.05) is 26.7 Å². The Balaban J connectivity index is 1.47. The van der Waals surface area contributed by atoms with Crippen LogP contribution in [0.3, 0.4) is 0 Å². The van der Waals surface area contributed by atoms with E-state index in [9.17, 15) is 31.2 Å². The fourth-order valence-electron chi connectivity index (χ4n) is 6.38. The van der Waals surface area contributed by atoms with E-state index in [2.05, 4.69) is 15.4 Å². The van der Waals surface area contributed by atoms with E-state index in [0.29, 0.717) is 29.2 Å². The van der Waals surface area contributed by atoms with Gasteiger partial charge in [-0.05, 0) is 77.6 Å². The Morgan fingerprint density at radius 1 is 0.981 bits per heavy atom. The van der Waals surface area contributed by atoms with Crippen LogP contribution in [0.25, 0.3) is 0 Å². The number of sulfonamides is 1. The van der Waals surface area contributed by atoms with Crippen LogP contribution in [0.2, 0.25) is 5.02 Å². The first-order chi connectivity index (χ1) is 24.8. The highest BCUT2D eigenvalue weighted by molar-refractivity contribution is 7.89. The second-order valence-electron chi connectivity index (χ2n) is 12.1. The zero-order valence-electron chi connectivity index (χ0n) is 27.9. The van der Waals surface area contributed by atoms with Gasteiger partial charge in [0.25, 0.3) is 0 Å². The normalized spacial score (nSPS) is 16.5. The summed E-state index contributed by atoms with van der Waals surface area (Å²) in [6.45, 7) is 0.989. The number of benzene rings is 4. The molecule has 1 aliphatic heterocycles. The lowest BCUT2D eigenvalue weighted by Crippen LogP contribution is -2.53. The number of carbonyl (C=O) groups excluding carboxylic acids is 2. The molecule has 0 bridgehead atoms. The van der Waals surface area contributed by atoms with Crippen molar-refractivity contribution >= 4 is 33.5 Å². The Bertz CT molecular complexity index is 1970. The molecule has 0 aliphatic carbocycles. The molecule has 9 nitrogen and oxygen atoms in total. The number of Topliss-reactive ketones (excluding diaryl/α,β-unsaturated/α-hetero) is 1. The van der Waals surface area contributed by atoms with E-state index in [1.165, 1.54) is 52.8 Å². The van der Waals surface area contributed by atoms with E-state index in [-0.39, 0.29) is 41.8 Å². The molecular formula is C37H36ClF4N3O6S. The number of carbonyl (C=O) groups is 2. The van der Waals surface area contributed by atoms with E-state index in [0.717, 1.165) is 19.2 Å². The Labute approximate surface area is 303 Å². The van der Waals surface area contributed by atoms with Gasteiger partial charge in [0.05, 0.1) is 12.0 Å². The van der Waals surface area contributed by atoms with Gasteiger partial charge in [-0.2, -0.15) is 4.31 Å². The number of nitrogens with one attached hydrogen (secondary N) is 2. The average molecular weight is 762 g/mol. The summed E-state index contributed by atoms with van der Waals surface area (Å²) in [5, 5.41) is 6.10. The predicted molar refractivity (Wildman–Crippen MR) is 186 cm³/mol. The lowest BCUT2D eigenvalue weighted by Gasteiger charge is -2.35. The highest BCUT2D eigenvalue weighted by atomic mass is 35.5. The van der Waals surface area contributed by atoms with Gasteiger partial charge >= 0.3 is 12.5 Å². The van der Waals surface area contributed by atoms with Crippen molar-refractivity contribution in [1.82, 2.24) is 14.9 Å². The van der Waals surface area contributed by atoms with E-state index in [1.807, 2.05) is 0 Å². The van der Waals surface area contributed by atoms with Gasteiger partial charge in [-0.3, -0.25) is 4.79 Å². The Morgan fingerprint density at radius 2 is 1.69 bits per heavy atom. The monoisotopic (exact) mass is 761 g/mol. The van der Waals surface area contributed by atoms with Gasteiger partial charge in [0.1, 0.15) is 17.6 Å². The first-order valence-electron chi connectivity index (χ1n) is 16.3. The molecule has 0 aromatic heterocycles. The summed E-state index contributed by atoms with van der Waals surface area (Å²) in [5.74, 6) is -2.81. The first-order valence-corrected chi connectivity index (χ1v) is 18.1. The summed E-state index contributed by atoms with van der Waals surface area (Å²) >= 11 is 6.12. The standard InChI is InChI=1S/C37H36ClF4N3O6S/c1-50-36(47)44-35(34(24-13-15-27(38)16-14-24)26-8-5-9-29(21-26)51-37(40,41)42)33(46)22-25-7-6-12-32(39)31(25)18-17-28-23-43-19-20-45(28)52(48,49)30-10-3-2-4-11-30/h2-16,21,28,34-35,43H,17-20,22-23H2,1H3,(H,44,47)/t28-,34-,35+/m0/s1. The minimum atomic E-state index is -4.99. The molecule has 1 aliphatic rings. The van der Waals surface area contributed by atoms with Crippen LogP contribution < -0.4 is 15.4 Å². The second kappa shape index (κ2) is 16.9. The third kappa shape index (κ3) is 9.68. The maximum absolute atomic E-state index is 15.6. The van der Waals surface area contributed by atoms with Crippen LogP contribution in [0.1, 0.15) is 34.6 Å². The fraction of sp³-hybridized carbons (Fsp3) is 0.297. The van der Waals surface area contributed by atoms with Gasteiger partial charge in [-0.15, -0.1) is 13.2 Å². The molecule has 4 aromatic carbocycles. The molecule has 52 heavy (non-hydrogen) atoms. The van der Waals surface area contributed by atoms with Gasteiger partial charge in [0, 0.05) is 43.0 Å². The molecule has 1 amide bonds. The SMILES string of the molecule is COC(=O)N[C@H](C(=O)Cc1cccc(F)c1CC[C@H]1CNCCN1S(=O)(=O)c1ccccc1)[C@@H](c1ccc(Cl)cc1)c1cccc(OC(F)(F)F)c1. The molecule has 5 rings (SSSR count). The average Bonchev–Trinajstić information content (AvgIpc) is 3.11. The van der Waals surface area contributed by atoms with Crippen molar-refractivity contribution in [2.24, 2.45) is 0 Å². The number of nitrogens with zero attached hydrogens (tertiary/aromatic N) is 1. The molecule has 0 unspecified atom stereocenters. The summed E-state index contributed by atoms with van der Waals surface area (Å²) in [4.78, 5) is 27.1.